The Morgan fingerprint density at radius 2 is 1.83 bits per heavy atom. The summed E-state index contributed by atoms with van der Waals surface area (Å²) < 4.78 is 0. The van der Waals surface area contributed by atoms with Crippen molar-refractivity contribution in [2.24, 2.45) is 0 Å². The van der Waals surface area contributed by atoms with Crippen molar-refractivity contribution >= 4 is 33.3 Å². The molecule has 0 bridgehead atoms. The number of nitrogens with zero attached hydrogens (tertiary/aromatic N) is 4. The first-order valence-corrected chi connectivity index (χ1v) is 11.2. The highest BCUT2D eigenvalue weighted by Gasteiger charge is 2.25. The van der Waals surface area contributed by atoms with Gasteiger partial charge < -0.3 is 9.80 Å². The molecule has 152 valence electrons. The standard InChI is InChI=1S/C23H28N4OS/c1-4-18-15-19-22(24-21(16(2)3)25-23(19)29-18)27-12-10-26(11-13-27)20(28)14-17-8-6-5-7-9-17/h5-9,15-16H,4,10-14H2,1-3H3. The zero-order chi connectivity index (χ0) is 20.4. The van der Waals surface area contributed by atoms with Crippen molar-refractivity contribution in [1.82, 2.24) is 14.9 Å². The zero-order valence-corrected chi connectivity index (χ0v) is 18.2. The molecule has 3 heterocycles. The van der Waals surface area contributed by atoms with E-state index in [1.54, 1.807) is 11.3 Å². The molecule has 29 heavy (non-hydrogen) atoms. The van der Waals surface area contributed by atoms with Crippen LogP contribution in [0.3, 0.4) is 0 Å². The van der Waals surface area contributed by atoms with E-state index < -0.39 is 0 Å². The molecule has 4 rings (SSSR count). The number of aryl methyl sites for hydroxylation is 1. The SMILES string of the molecule is CCc1cc2c(N3CCN(C(=O)Cc4ccccc4)CC3)nc(C(C)C)nc2s1. The summed E-state index contributed by atoms with van der Waals surface area (Å²) in [5.41, 5.74) is 1.07. The molecule has 1 saturated heterocycles. The summed E-state index contributed by atoms with van der Waals surface area (Å²) in [6, 6.07) is 12.2. The minimum absolute atomic E-state index is 0.204. The molecule has 3 aromatic rings. The van der Waals surface area contributed by atoms with Crippen LogP contribution in [0, 0.1) is 0 Å². The Labute approximate surface area is 176 Å². The van der Waals surface area contributed by atoms with Crippen LogP contribution < -0.4 is 4.90 Å². The van der Waals surface area contributed by atoms with E-state index in [9.17, 15) is 4.79 Å². The molecule has 2 aromatic heterocycles. The van der Waals surface area contributed by atoms with E-state index >= 15 is 0 Å². The summed E-state index contributed by atoms with van der Waals surface area (Å²) in [5, 5.41) is 1.15. The fourth-order valence-electron chi connectivity index (χ4n) is 3.70. The topological polar surface area (TPSA) is 49.3 Å². The molecule has 0 saturated carbocycles. The number of hydrogen-bond acceptors (Lipinski definition) is 5. The molecule has 1 aliphatic heterocycles. The van der Waals surface area contributed by atoms with Crippen molar-refractivity contribution in [2.45, 2.75) is 39.5 Å². The fraction of sp³-hybridized carbons (Fsp3) is 0.435. The van der Waals surface area contributed by atoms with Crippen molar-refractivity contribution in [3.8, 4) is 0 Å². The summed E-state index contributed by atoms with van der Waals surface area (Å²) in [6.07, 6.45) is 1.49. The second-order valence-corrected chi connectivity index (χ2v) is 8.99. The first-order chi connectivity index (χ1) is 14.0. The Hall–Kier alpha value is -2.47. The van der Waals surface area contributed by atoms with Gasteiger partial charge in [-0.3, -0.25) is 4.79 Å². The predicted molar refractivity (Wildman–Crippen MR) is 120 cm³/mol. The summed E-state index contributed by atoms with van der Waals surface area (Å²) >= 11 is 1.77. The van der Waals surface area contributed by atoms with E-state index in [1.807, 2.05) is 35.2 Å². The number of anilines is 1. The number of aromatic nitrogens is 2. The predicted octanol–water partition coefficient (Wildman–Crippen LogP) is 4.27. The highest BCUT2D eigenvalue weighted by Crippen LogP contribution is 2.33. The number of piperazine rings is 1. The highest BCUT2D eigenvalue weighted by molar-refractivity contribution is 7.18. The van der Waals surface area contributed by atoms with Crippen LogP contribution in [-0.4, -0.2) is 47.0 Å². The first kappa shape index (κ1) is 19.8. The maximum Gasteiger partial charge on any atom is 0.227 e. The number of carbonyl (C=O) groups excluding carboxylic acids is 1. The number of fused-ring (bicyclic) bond motifs is 1. The van der Waals surface area contributed by atoms with Crippen LogP contribution in [0.2, 0.25) is 0 Å². The third-order valence-electron chi connectivity index (χ3n) is 5.44. The van der Waals surface area contributed by atoms with E-state index in [1.165, 1.54) is 4.88 Å². The van der Waals surface area contributed by atoms with Gasteiger partial charge in [0, 0.05) is 37.0 Å². The van der Waals surface area contributed by atoms with Gasteiger partial charge in [0.2, 0.25) is 5.91 Å². The number of carbonyl (C=O) groups is 1. The average Bonchev–Trinajstić information content (AvgIpc) is 3.17. The molecule has 0 N–H and O–H groups in total. The molecule has 0 spiro atoms. The van der Waals surface area contributed by atoms with E-state index in [0.717, 1.165) is 60.0 Å². The van der Waals surface area contributed by atoms with Crippen LogP contribution in [0.5, 0.6) is 0 Å². The average molecular weight is 409 g/mol. The summed E-state index contributed by atoms with van der Waals surface area (Å²) in [5.74, 6) is 2.43. The third-order valence-corrected chi connectivity index (χ3v) is 6.61. The second kappa shape index (κ2) is 8.49. The van der Waals surface area contributed by atoms with Crippen molar-refractivity contribution in [1.29, 1.82) is 0 Å². The minimum Gasteiger partial charge on any atom is -0.352 e. The van der Waals surface area contributed by atoms with Gasteiger partial charge in [-0.05, 0) is 18.1 Å². The molecular weight excluding hydrogens is 380 g/mol. The van der Waals surface area contributed by atoms with Gasteiger partial charge in [-0.1, -0.05) is 51.1 Å². The molecule has 1 fully saturated rings. The number of rotatable bonds is 5. The van der Waals surface area contributed by atoms with Crippen LogP contribution in [0.4, 0.5) is 5.82 Å². The monoisotopic (exact) mass is 408 g/mol. The van der Waals surface area contributed by atoms with Gasteiger partial charge in [0.1, 0.15) is 16.5 Å². The van der Waals surface area contributed by atoms with Gasteiger partial charge >= 0.3 is 0 Å². The molecule has 0 unspecified atom stereocenters. The lowest BCUT2D eigenvalue weighted by molar-refractivity contribution is -0.130. The normalized spacial score (nSPS) is 14.8. The molecule has 1 aliphatic rings. The first-order valence-electron chi connectivity index (χ1n) is 10.4. The quantitative estimate of drug-likeness (QED) is 0.633. The summed E-state index contributed by atoms with van der Waals surface area (Å²) in [7, 11) is 0. The van der Waals surface area contributed by atoms with Gasteiger partial charge in [-0.25, -0.2) is 9.97 Å². The number of benzene rings is 1. The molecule has 1 aromatic carbocycles. The number of hydrogen-bond donors (Lipinski definition) is 0. The Bertz CT molecular complexity index is 991. The lowest BCUT2D eigenvalue weighted by atomic mass is 10.1. The fourth-order valence-corrected chi connectivity index (χ4v) is 4.66. The number of amides is 1. The Morgan fingerprint density at radius 1 is 1.10 bits per heavy atom. The third kappa shape index (κ3) is 4.27. The van der Waals surface area contributed by atoms with E-state index in [4.69, 9.17) is 9.97 Å². The van der Waals surface area contributed by atoms with Crippen LogP contribution in [0.15, 0.2) is 36.4 Å². The van der Waals surface area contributed by atoms with Gasteiger partial charge in [0.05, 0.1) is 11.8 Å². The van der Waals surface area contributed by atoms with E-state index in [0.29, 0.717) is 12.3 Å². The molecule has 0 atom stereocenters. The Balaban J connectivity index is 1.51. The van der Waals surface area contributed by atoms with Crippen molar-refractivity contribution in [2.75, 3.05) is 31.1 Å². The molecule has 0 aliphatic carbocycles. The maximum atomic E-state index is 12.7. The lowest BCUT2D eigenvalue weighted by Crippen LogP contribution is -2.49. The van der Waals surface area contributed by atoms with Crippen LogP contribution in [-0.2, 0) is 17.6 Å². The number of thiophene rings is 1. The smallest absolute Gasteiger partial charge is 0.227 e. The minimum atomic E-state index is 0.204. The largest absolute Gasteiger partial charge is 0.352 e. The van der Waals surface area contributed by atoms with E-state index in [-0.39, 0.29) is 5.91 Å². The lowest BCUT2D eigenvalue weighted by Gasteiger charge is -2.36. The van der Waals surface area contributed by atoms with Gasteiger partial charge in [-0.15, -0.1) is 11.3 Å². The van der Waals surface area contributed by atoms with Crippen LogP contribution in [0.25, 0.3) is 10.2 Å². The summed E-state index contributed by atoms with van der Waals surface area (Å²) in [6.45, 7) is 9.54. The molecule has 5 nitrogen and oxygen atoms in total. The van der Waals surface area contributed by atoms with Crippen molar-refractivity contribution in [3.05, 3.63) is 52.7 Å². The van der Waals surface area contributed by atoms with Gasteiger partial charge in [0.15, 0.2) is 0 Å². The highest BCUT2D eigenvalue weighted by atomic mass is 32.1. The van der Waals surface area contributed by atoms with Crippen LogP contribution in [0.1, 0.15) is 43.0 Å². The van der Waals surface area contributed by atoms with Crippen molar-refractivity contribution < 1.29 is 4.79 Å². The summed E-state index contributed by atoms with van der Waals surface area (Å²) in [4.78, 5) is 29.2. The van der Waals surface area contributed by atoms with Crippen molar-refractivity contribution in [3.63, 3.8) is 0 Å². The molecule has 1 amide bonds. The molecule has 0 radical (unpaired) electrons. The maximum absolute atomic E-state index is 12.7. The second-order valence-electron chi connectivity index (χ2n) is 7.88. The molecule has 6 heteroatoms. The Morgan fingerprint density at radius 3 is 2.48 bits per heavy atom. The Kier molecular flexibility index (Phi) is 5.81. The van der Waals surface area contributed by atoms with Gasteiger partial charge in [-0.2, -0.15) is 0 Å². The zero-order valence-electron chi connectivity index (χ0n) is 17.4. The van der Waals surface area contributed by atoms with Gasteiger partial charge in [0.25, 0.3) is 0 Å². The van der Waals surface area contributed by atoms with E-state index in [2.05, 4.69) is 31.7 Å². The van der Waals surface area contributed by atoms with Crippen LogP contribution >= 0.6 is 11.3 Å². The molecular formula is C23H28N4OS.